The van der Waals surface area contributed by atoms with Gasteiger partial charge in [0.15, 0.2) is 0 Å². The SMILES string of the molecule is O=P(OC=Cc1ccccc1)(OC=Cc1ccccc1)OC=Cc1ccccc1. The predicted molar refractivity (Wildman–Crippen MR) is 117 cm³/mol. The summed E-state index contributed by atoms with van der Waals surface area (Å²) in [7, 11) is -3.89. The topological polar surface area (TPSA) is 44.8 Å². The molecule has 0 aliphatic carbocycles. The van der Waals surface area contributed by atoms with Crippen molar-refractivity contribution >= 4 is 26.1 Å². The van der Waals surface area contributed by atoms with Crippen molar-refractivity contribution in [1.29, 1.82) is 0 Å². The van der Waals surface area contributed by atoms with E-state index >= 15 is 0 Å². The van der Waals surface area contributed by atoms with E-state index < -0.39 is 7.82 Å². The average Bonchev–Trinajstić information content (AvgIpc) is 2.76. The van der Waals surface area contributed by atoms with E-state index in [1.165, 1.54) is 18.8 Å². The van der Waals surface area contributed by atoms with Crippen molar-refractivity contribution in [1.82, 2.24) is 0 Å². The molecule has 0 atom stereocenters. The molecule has 0 aliphatic rings. The van der Waals surface area contributed by atoms with Gasteiger partial charge in [-0.05, 0) is 34.9 Å². The van der Waals surface area contributed by atoms with Crippen LogP contribution in [0.4, 0.5) is 0 Å². The lowest BCUT2D eigenvalue weighted by molar-refractivity contribution is 0.233. The zero-order valence-electron chi connectivity index (χ0n) is 15.7. The van der Waals surface area contributed by atoms with Gasteiger partial charge < -0.3 is 13.6 Å². The Hall–Kier alpha value is -3.49. The summed E-state index contributed by atoms with van der Waals surface area (Å²) < 4.78 is 29.0. The fourth-order valence-corrected chi connectivity index (χ4v) is 3.10. The third-order valence-corrected chi connectivity index (χ3v) is 4.89. The summed E-state index contributed by atoms with van der Waals surface area (Å²) in [6.45, 7) is 0. The molecule has 0 amide bonds. The summed E-state index contributed by atoms with van der Waals surface area (Å²) in [4.78, 5) is 0. The minimum absolute atomic E-state index is 0.902. The second-order valence-corrected chi connectivity index (χ2v) is 7.43. The molecule has 4 nitrogen and oxygen atoms in total. The molecule has 0 heterocycles. The smallest absolute Gasteiger partial charge is 0.394 e. The molecule has 3 aromatic rings. The maximum atomic E-state index is 13.0. The van der Waals surface area contributed by atoms with Crippen LogP contribution in [0.5, 0.6) is 0 Å². The third-order valence-electron chi connectivity index (χ3n) is 3.75. The zero-order valence-corrected chi connectivity index (χ0v) is 16.6. The molecule has 0 aliphatic heterocycles. The molecule has 0 saturated carbocycles. The highest BCUT2D eigenvalue weighted by Crippen LogP contribution is 2.50. The molecule has 3 aromatic carbocycles. The van der Waals surface area contributed by atoms with Gasteiger partial charge in [0.1, 0.15) is 0 Å². The number of benzene rings is 3. The first kappa shape index (κ1) is 20.2. The third kappa shape index (κ3) is 7.21. The summed E-state index contributed by atoms with van der Waals surface area (Å²) in [5.74, 6) is 0. The summed E-state index contributed by atoms with van der Waals surface area (Å²) in [6, 6.07) is 28.5. The summed E-state index contributed by atoms with van der Waals surface area (Å²) >= 11 is 0. The molecule has 0 unspecified atom stereocenters. The Balaban J connectivity index is 1.68. The van der Waals surface area contributed by atoms with Crippen LogP contribution in [0.25, 0.3) is 18.2 Å². The van der Waals surface area contributed by atoms with Crippen LogP contribution < -0.4 is 0 Å². The summed E-state index contributed by atoms with van der Waals surface area (Å²) in [5, 5.41) is 0. The first-order valence-electron chi connectivity index (χ1n) is 9.04. The van der Waals surface area contributed by atoms with Crippen LogP contribution >= 0.6 is 7.82 Å². The van der Waals surface area contributed by atoms with E-state index in [-0.39, 0.29) is 0 Å². The van der Waals surface area contributed by atoms with Crippen molar-refractivity contribution in [3.05, 3.63) is 126 Å². The van der Waals surface area contributed by atoms with Crippen LogP contribution in [0, 0.1) is 0 Å². The largest absolute Gasteiger partial charge is 0.645 e. The minimum atomic E-state index is -3.89. The van der Waals surface area contributed by atoms with Crippen LogP contribution in [0.1, 0.15) is 16.7 Å². The van der Waals surface area contributed by atoms with Gasteiger partial charge in [0, 0.05) is 0 Å². The minimum Gasteiger partial charge on any atom is -0.394 e. The van der Waals surface area contributed by atoms with Crippen molar-refractivity contribution in [3.8, 4) is 0 Å². The molecule has 29 heavy (non-hydrogen) atoms. The lowest BCUT2D eigenvalue weighted by Crippen LogP contribution is -1.89. The monoisotopic (exact) mass is 404 g/mol. The maximum absolute atomic E-state index is 13.0. The number of hydrogen-bond acceptors (Lipinski definition) is 4. The van der Waals surface area contributed by atoms with Crippen LogP contribution in [-0.2, 0) is 18.1 Å². The van der Waals surface area contributed by atoms with Gasteiger partial charge in [0.2, 0.25) is 0 Å². The lowest BCUT2D eigenvalue weighted by Gasteiger charge is -2.13. The van der Waals surface area contributed by atoms with E-state index in [9.17, 15) is 4.57 Å². The number of phosphoric ester groups is 1. The second kappa shape index (κ2) is 10.7. The molecule has 0 radical (unpaired) electrons. The van der Waals surface area contributed by atoms with Gasteiger partial charge in [0.25, 0.3) is 0 Å². The van der Waals surface area contributed by atoms with Crippen LogP contribution in [0.15, 0.2) is 110 Å². The molecular formula is C24H21O4P. The normalized spacial score (nSPS) is 13.5. The van der Waals surface area contributed by atoms with Gasteiger partial charge in [-0.3, -0.25) is 0 Å². The molecule has 0 bridgehead atoms. The molecule has 146 valence electrons. The Bertz CT molecular complexity index is 865. The highest BCUT2D eigenvalue weighted by molar-refractivity contribution is 7.48. The van der Waals surface area contributed by atoms with Crippen molar-refractivity contribution in [2.24, 2.45) is 0 Å². The van der Waals surface area contributed by atoms with Crippen molar-refractivity contribution in [2.45, 2.75) is 0 Å². The van der Waals surface area contributed by atoms with E-state index in [4.69, 9.17) is 13.6 Å². The van der Waals surface area contributed by atoms with E-state index in [0.29, 0.717) is 0 Å². The molecular weight excluding hydrogens is 383 g/mol. The predicted octanol–water partition coefficient (Wildman–Crippen LogP) is 7.16. The number of rotatable bonds is 9. The van der Waals surface area contributed by atoms with Gasteiger partial charge in [-0.25, -0.2) is 0 Å². The maximum Gasteiger partial charge on any atom is 0.645 e. The highest BCUT2D eigenvalue weighted by Gasteiger charge is 2.27. The van der Waals surface area contributed by atoms with E-state index in [2.05, 4.69) is 0 Å². The van der Waals surface area contributed by atoms with E-state index in [1.54, 1.807) is 18.2 Å². The Labute approximate surface area is 171 Å². The summed E-state index contributed by atoms with van der Waals surface area (Å²) in [5.41, 5.74) is 2.70. The Morgan fingerprint density at radius 3 is 1.03 bits per heavy atom. The van der Waals surface area contributed by atoms with E-state index in [1.807, 2.05) is 91.0 Å². The van der Waals surface area contributed by atoms with Gasteiger partial charge in [-0.15, -0.1) is 0 Å². The quantitative estimate of drug-likeness (QED) is 0.280. The Kier molecular flexibility index (Phi) is 7.50. The zero-order chi connectivity index (χ0) is 20.2. The molecule has 0 fully saturated rings. The Morgan fingerprint density at radius 2 is 0.759 bits per heavy atom. The lowest BCUT2D eigenvalue weighted by atomic mass is 10.2. The second-order valence-electron chi connectivity index (χ2n) is 5.90. The van der Waals surface area contributed by atoms with Crippen molar-refractivity contribution < 1.29 is 18.1 Å². The average molecular weight is 404 g/mol. The van der Waals surface area contributed by atoms with E-state index in [0.717, 1.165) is 16.7 Å². The first-order valence-corrected chi connectivity index (χ1v) is 10.5. The highest BCUT2D eigenvalue weighted by atomic mass is 31.2. The number of phosphoric acid groups is 1. The molecule has 5 heteroatoms. The number of hydrogen-bond donors (Lipinski definition) is 0. The van der Waals surface area contributed by atoms with Crippen LogP contribution in [-0.4, -0.2) is 0 Å². The van der Waals surface area contributed by atoms with Gasteiger partial charge >= 0.3 is 7.82 Å². The molecule has 0 aromatic heterocycles. The van der Waals surface area contributed by atoms with Gasteiger partial charge in [-0.1, -0.05) is 91.0 Å². The van der Waals surface area contributed by atoms with Crippen LogP contribution in [0.2, 0.25) is 0 Å². The first-order chi connectivity index (χ1) is 14.2. The van der Waals surface area contributed by atoms with Crippen molar-refractivity contribution in [3.63, 3.8) is 0 Å². The molecule has 3 rings (SSSR count). The summed E-state index contributed by atoms with van der Waals surface area (Å²) in [6.07, 6.45) is 8.97. The van der Waals surface area contributed by atoms with Crippen molar-refractivity contribution in [2.75, 3.05) is 0 Å². The fourth-order valence-electron chi connectivity index (χ4n) is 2.32. The molecule has 0 N–H and O–H groups in total. The van der Waals surface area contributed by atoms with Crippen LogP contribution in [0.3, 0.4) is 0 Å². The van der Waals surface area contributed by atoms with Gasteiger partial charge in [0.05, 0.1) is 18.8 Å². The fraction of sp³-hybridized carbons (Fsp3) is 0. The standard InChI is InChI=1S/C24H21O4P/c25-29(26-19-16-22-10-4-1-5-11-22,27-20-17-23-12-6-2-7-13-23)28-21-18-24-14-8-3-9-15-24/h1-21H. The van der Waals surface area contributed by atoms with Gasteiger partial charge in [-0.2, -0.15) is 4.57 Å². The molecule has 0 spiro atoms. The molecule has 0 saturated heterocycles. The Morgan fingerprint density at radius 1 is 0.483 bits per heavy atom.